The van der Waals surface area contributed by atoms with Crippen molar-refractivity contribution in [1.29, 1.82) is 0 Å². The van der Waals surface area contributed by atoms with Crippen molar-refractivity contribution in [3.8, 4) is 0 Å². The van der Waals surface area contributed by atoms with E-state index in [-0.39, 0.29) is 57.2 Å². The van der Waals surface area contributed by atoms with E-state index in [1.807, 2.05) is 0 Å². The molecule has 0 aromatic carbocycles. The third-order valence-corrected chi connectivity index (χ3v) is 0. The van der Waals surface area contributed by atoms with Crippen LogP contribution in [-0.4, -0.2) is 80.7 Å². The molecule has 0 rings (SSSR count). The minimum atomic E-state index is 0. The average molecular weight is 245 g/mol. The van der Waals surface area contributed by atoms with Crippen LogP contribution >= 0.6 is 0 Å². The molecule has 0 saturated carbocycles. The standard InChI is InChI=1S/Al.Ba.HOSi.H2O.O.2H/c;;1-2;;;;/h;;2H;1H2;;;/q;+2;;;;2*-1. The molecule has 0 aromatic heterocycles. The normalized spacial score (nSPS) is 1.17. The van der Waals surface area contributed by atoms with Gasteiger partial charge in [-0.3, -0.25) is 0 Å². The van der Waals surface area contributed by atoms with Crippen LogP contribution < -0.4 is 0 Å². The first kappa shape index (κ1) is 24.8. The maximum atomic E-state index is 8.17. The van der Waals surface area contributed by atoms with Gasteiger partial charge < -0.3 is 12.8 Å². The Kier molecular flexibility index (Phi) is 278. The fraction of sp³-hybridized carbons (Fsp3) is 0. The second kappa shape index (κ2) is 67.3. The van der Waals surface area contributed by atoms with Crippen LogP contribution in [0.25, 0.3) is 0 Å². The Morgan fingerprint density at radius 2 is 1.33 bits per heavy atom. The van der Waals surface area contributed by atoms with Crippen LogP contribution in [0.2, 0.25) is 0 Å². The van der Waals surface area contributed by atoms with Gasteiger partial charge in [-0.05, 0) is 0 Å². The summed E-state index contributed by atoms with van der Waals surface area (Å²) in [5.41, 5.74) is 0. The zero-order chi connectivity index (χ0) is 4.00. The van der Waals surface area contributed by atoms with Gasteiger partial charge in [-0.25, -0.2) is 0 Å². The molecule has 0 amide bonds. The van der Waals surface area contributed by atoms with Crippen LogP contribution in [-0.2, 0) is 8.27 Å². The molecule has 0 saturated heterocycles. The van der Waals surface area contributed by atoms with Crippen molar-refractivity contribution in [3.63, 3.8) is 0 Å². The summed E-state index contributed by atoms with van der Waals surface area (Å²) in [6, 6.07) is 0. The SMILES string of the molecule is O.O=[SiH].[Ba+2].[H-].[H-].[O]=[Al]. The Morgan fingerprint density at radius 1 is 1.33 bits per heavy atom. The van der Waals surface area contributed by atoms with Crippen LogP contribution in [0.5, 0.6) is 0 Å². The molecular weight excluding hydrogens is 240 g/mol. The van der Waals surface area contributed by atoms with Crippen LogP contribution in [0.4, 0.5) is 0 Å². The fourth-order valence-corrected chi connectivity index (χ4v) is 0. The second-order valence-corrected chi connectivity index (χ2v) is 0. The Morgan fingerprint density at radius 3 is 1.33 bits per heavy atom. The van der Waals surface area contributed by atoms with E-state index in [9.17, 15) is 0 Å². The Labute approximate surface area is 90.3 Å². The van der Waals surface area contributed by atoms with Crippen molar-refractivity contribution in [2.45, 2.75) is 0 Å². The summed E-state index contributed by atoms with van der Waals surface area (Å²) >= 11 is 1.17. The van der Waals surface area contributed by atoms with E-state index in [0.717, 1.165) is 0 Å². The van der Waals surface area contributed by atoms with Crippen LogP contribution in [0.15, 0.2) is 0 Å². The van der Waals surface area contributed by atoms with Gasteiger partial charge in [0.05, 0.1) is 0 Å². The molecule has 32 valence electrons. The van der Waals surface area contributed by atoms with Gasteiger partial charge in [0.25, 0.3) is 0 Å². The van der Waals surface area contributed by atoms with Crippen LogP contribution in [0.1, 0.15) is 2.85 Å². The van der Waals surface area contributed by atoms with Gasteiger partial charge in [-0.15, -0.1) is 0 Å². The summed E-state index contributed by atoms with van der Waals surface area (Å²) in [6.07, 6.45) is 0. The van der Waals surface area contributed by atoms with Gasteiger partial charge in [0.1, 0.15) is 0 Å². The molecular formula is H5AlBaO3Si. The van der Waals surface area contributed by atoms with Crippen LogP contribution in [0.3, 0.4) is 0 Å². The molecule has 0 bridgehead atoms. The van der Waals surface area contributed by atoms with Gasteiger partial charge >= 0.3 is 79.0 Å². The van der Waals surface area contributed by atoms with E-state index in [2.05, 4.69) is 0 Å². The molecule has 0 aliphatic heterocycles. The van der Waals surface area contributed by atoms with Crippen molar-refractivity contribution in [2.75, 3.05) is 0 Å². The van der Waals surface area contributed by atoms with Crippen LogP contribution in [0, 0.1) is 0 Å². The van der Waals surface area contributed by atoms with Crippen molar-refractivity contribution < 1.29 is 16.6 Å². The topological polar surface area (TPSA) is 65.6 Å². The summed E-state index contributed by atoms with van der Waals surface area (Å²) < 4.78 is 16.3. The molecule has 0 fully saturated rings. The zero-order valence-corrected chi connectivity index (χ0v) is 9.93. The summed E-state index contributed by atoms with van der Waals surface area (Å²) in [4.78, 5) is 0. The third-order valence-electron chi connectivity index (χ3n) is 0. The van der Waals surface area contributed by atoms with E-state index in [1.54, 1.807) is 0 Å². The molecule has 0 spiro atoms. The molecule has 0 heterocycles. The quantitative estimate of drug-likeness (QED) is 0.453. The summed E-state index contributed by atoms with van der Waals surface area (Å²) in [7, 11) is 1.17. The predicted octanol–water partition coefficient (Wildman–Crippen LogP) is -2.25. The molecule has 3 nitrogen and oxygen atoms in total. The first-order valence-corrected chi connectivity index (χ1v) is 1.41. The molecule has 0 aromatic rings. The van der Waals surface area contributed by atoms with Crippen molar-refractivity contribution in [1.82, 2.24) is 0 Å². The van der Waals surface area contributed by atoms with Gasteiger partial charge in [0, 0.05) is 0 Å². The van der Waals surface area contributed by atoms with E-state index in [0.29, 0.717) is 0 Å². The molecule has 2 radical (unpaired) electrons. The van der Waals surface area contributed by atoms with Gasteiger partial charge in [0.2, 0.25) is 0 Å². The van der Waals surface area contributed by atoms with Gasteiger partial charge in [0.15, 0.2) is 0 Å². The second-order valence-electron chi connectivity index (χ2n) is 0. The monoisotopic (exact) mass is 246 g/mol. The molecule has 0 unspecified atom stereocenters. The van der Waals surface area contributed by atoms with E-state index in [1.165, 1.54) is 26.4 Å². The van der Waals surface area contributed by atoms with Gasteiger partial charge in [-0.1, -0.05) is 0 Å². The summed E-state index contributed by atoms with van der Waals surface area (Å²) in [5.74, 6) is 0. The van der Waals surface area contributed by atoms with Crippen molar-refractivity contribution in [2.24, 2.45) is 0 Å². The number of hydrogen-bond acceptors (Lipinski definition) is 2. The predicted molar refractivity (Wildman–Crippen MR) is 25.9 cm³/mol. The van der Waals surface area contributed by atoms with E-state index in [4.69, 9.17) is 8.27 Å². The molecule has 6 heavy (non-hydrogen) atoms. The van der Waals surface area contributed by atoms with Crippen molar-refractivity contribution >= 4 is 75.2 Å². The average Bonchev–Trinajstić information content (AvgIpc) is 1.50. The Hall–Kier alpha value is 1.88. The van der Waals surface area contributed by atoms with E-state index < -0.39 is 0 Å². The summed E-state index contributed by atoms with van der Waals surface area (Å²) in [5, 5.41) is 0. The minimum absolute atomic E-state index is 0. The molecule has 0 aliphatic carbocycles. The molecule has 2 N–H and O–H groups in total. The zero-order valence-electron chi connectivity index (χ0n) is 5.18. The van der Waals surface area contributed by atoms with Crippen molar-refractivity contribution in [3.05, 3.63) is 0 Å². The Balaban J connectivity index is -0.00000000167. The molecule has 6 heteroatoms. The van der Waals surface area contributed by atoms with E-state index >= 15 is 0 Å². The number of hydrogen-bond donors (Lipinski definition) is 0. The fourth-order valence-electron chi connectivity index (χ4n) is 0. The van der Waals surface area contributed by atoms with Gasteiger partial charge in [-0.2, -0.15) is 0 Å². The third kappa shape index (κ3) is 39.6. The number of rotatable bonds is 0. The molecule has 0 aliphatic rings. The first-order chi connectivity index (χ1) is 2.00. The Bertz CT molecular complexity index is 19.2. The summed E-state index contributed by atoms with van der Waals surface area (Å²) in [6.45, 7) is 0. The molecule has 0 atom stereocenters. The maximum absolute atomic E-state index is 8.17. The first-order valence-electron chi connectivity index (χ1n) is 0.471.